The first-order chi connectivity index (χ1) is 14.6. The summed E-state index contributed by atoms with van der Waals surface area (Å²) in [4.78, 5) is 21.5. The van der Waals surface area contributed by atoms with Crippen molar-refractivity contribution in [3.05, 3.63) is 66.1 Å². The summed E-state index contributed by atoms with van der Waals surface area (Å²) in [6.07, 6.45) is 5.70. The number of aromatic nitrogens is 4. The second kappa shape index (κ2) is 7.37. The number of nitrogens with zero attached hydrogens (tertiary/aromatic N) is 4. The molecule has 6 heteroatoms. The molecule has 0 fully saturated rings. The lowest BCUT2D eigenvalue weighted by Crippen LogP contribution is -2.30. The van der Waals surface area contributed by atoms with E-state index in [0.29, 0.717) is 5.56 Å². The Balaban J connectivity index is 1.68. The molecule has 1 amide bonds. The molecule has 0 radical (unpaired) electrons. The van der Waals surface area contributed by atoms with Crippen LogP contribution in [-0.4, -0.2) is 31.7 Å². The molecule has 0 bridgehead atoms. The van der Waals surface area contributed by atoms with Gasteiger partial charge >= 0.3 is 0 Å². The maximum atomic E-state index is 12.4. The largest absolute Gasteiger partial charge is 0.350 e. The fourth-order valence-corrected chi connectivity index (χ4v) is 4.15. The zero-order chi connectivity index (χ0) is 20.7. The van der Waals surface area contributed by atoms with Crippen LogP contribution < -0.4 is 5.32 Å². The Morgan fingerprint density at radius 3 is 2.80 bits per heavy atom. The molecule has 0 saturated carbocycles. The molecular formula is C24H23N5O. The molecule has 0 unspecified atom stereocenters. The highest BCUT2D eigenvalue weighted by Crippen LogP contribution is 2.39. The van der Waals surface area contributed by atoms with Crippen LogP contribution in [0.5, 0.6) is 0 Å². The van der Waals surface area contributed by atoms with E-state index in [1.165, 1.54) is 5.69 Å². The number of carbonyl (C=O) groups excluding carboxylic acids is 1. The molecule has 6 nitrogen and oxygen atoms in total. The first-order valence-electron chi connectivity index (χ1n) is 10.3. The van der Waals surface area contributed by atoms with Gasteiger partial charge in [0.2, 0.25) is 0 Å². The van der Waals surface area contributed by atoms with E-state index in [9.17, 15) is 4.79 Å². The fourth-order valence-electron chi connectivity index (χ4n) is 4.15. The summed E-state index contributed by atoms with van der Waals surface area (Å²) in [5.41, 5.74) is 6.63. The molecule has 3 aromatic heterocycles. The van der Waals surface area contributed by atoms with Crippen molar-refractivity contribution in [3.8, 4) is 22.5 Å². The van der Waals surface area contributed by atoms with Gasteiger partial charge in [0.1, 0.15) is 5.69 Å². The molecule has 30 heavy (non-hydrogen) atoms. The van der Waals surface area contributed by atoms with Crippen molar-refractivity contribution >= 4 is 16.8 Å². The van der Waals surface area contributed by atoms with Gasteiger partial charge < -0.3 is 5.32 Å². The third kappa shape index (κ3) is 3.14. The van der Waals surface area contributed by atoms with Crippen molar-refractivity contribution in [2.75, 3.05) is 0 Å². The standard InChI is InChI=1S/C24H23N5O/c1-15(2)27-24(30)16-8-9-17-18(10-12-26-20(17)14-16)22-21-7-5-13-29(21)28-23(22)19-6-3-4-11-25-19/h3-4,6,8-12,14-15H,5,7,13H2,1-2H3,(H,27,30). The van der Waals surface area contributed by atoms with Gasteiger partial charge in [0.05, 0.1) is 11.2 Å². The fraction of sp³-hybridized carbons (Fsp3) is 0.250. The summed E-state index contributed by atoms with van der Waals surface area (Å²) < 4.78 is 2.11. The van der Waals surface area contributed by atoms with E-state index >= 15 is 0 Å². The maximum absolute atomic E-state index is 12.4. The Kier molecular flexibility index (Phi) is 4.54. The number of aryl methyl sites for hydroxylation is 1. The van der Waals surface area contributed by atoms with Crippen LogP contribution in [0.15, 0.2) is 54.9 Å². The van der Waals surface area contributed by atoms with Crippen molar-refractivity contribution in [3.63, 3.8) is 0 Å². The minimum atomic E-state index is -0.0836. The lowest BCUT2D eigenvalue weighted by Gasteiger charge is -2.11. The average Bonchev–Trinajstić information content (AvgIpc) is 3.34. The third-order valence-corrected chi connectivity index (χ3v) is 5.44. The van der Waals surface area contributed by atoms with E-state index in [-0.39, 0.29) is 11.9 Å². The monoisotopic (exact) mass is 397 g/mol. The molecule has 1 aromatic carbocycles. The third-order valence-electron chi connectivity index (χ3n) is 5.44. The van der Waals surface area contributed by atoms with E-state index in [4.69, 9.17) is 5.10 Å². The molecule has 1 aliphatic heterocycles. The average molecular weight is 397 g/mol. The summed E-state index contributed by atoms with van der Waals surface area (Å²) in [7, 11) is 0. The highest BCUT2D eigenvalue weighted by Gasteiger charge is 2.25. The molecular weight excluding hydrogens is 374 g/mol. The van der Waals surface area contributed by atoms with Gasteiger partial charge in [-0.05, 0) is 62.6 Å². The van der Waals surface area contributed by atoms with Crippen LogP contribution in [0.2, 0.25) is 0 Å². The molecule has 150 valence electrons. The molecule has 0 spiro atoms. The molecule has 4 aromatic rings. The summed E-state index contributed by atoms with van der Waals surface area (Å²) in [5.74, 6) is -0.0836. The van der Waals surface area contributed by atoms with Gasteiger partial charge in [0, 0.05) is 47.2 Å². The number of fused-ring (bicyclic) bond motifs is 2. The van der Waals surface area contributed by atoms with Crippen molar-refractivity contribution < 1.29 is 4.79 Å². The van der Waals surface area contributed by atoms with Gasteiger partial charge in [-0.15, -0.1) is 0 Å². The second-order valence-corrected chi connectivity index (χ2v) is 7.93. The van der Waals surface area contributed by atoms with Crippen molar-refractivity contribution in [2.24, 2.45) is 0 Å². The number of pyridine rings is 2. The number of nitrogens with one attached hydrogen (secondary N) is 1. The molecule has 0 saturated heterocycles. The maximum Gasteiger partial charge on any atom is 0.251 e. The van der Waals surface area contributed by atoms with E-state index in [0.717, 1.165) is 52.8 Å². The van der Waals surface area contributed by atoms with Gasteiger partial charge in [0.15, 0.2) is 0 Å². The van der Waals surface area contributed by atoms with Crippen LogP contribution in [0.4, 0.5) is 0 Å². The predicted octanol–water partition coefficient (Wildman–Crippen LogP) is 4.24. The minimum Gasteiger partial charge on any atom is -0.350 e. The summed E-state index contributed by atoms with van der Waals surface area (Å²) >= 11 is 0. The Labute approximate surface area is 175 Å². The van der Waals surface area contributed by atoms with Gasteiger partial charge in [0.25, 0.3) is 5.91 Å². The summed E-state index contributed by atoms with van der Waals surface area (Å²) in [6, 6.07) is 13.8. The van der Waals surface area contributed by atoms with Crippen LogP contribution in [0.1, 0.15) is 36.3 Å². The van der Waals surface area contributed by atoms with Crippen LogP contribution in [0, 0.1) is 0 Å². The molecule has 1 aliphatic rings. The number of rotatable bonds is 4. The van der Waals surface area contributed by atoms with E-state index in [2.05, 4.69) is 20.0 Å². The quantitative estimate of drug-likeness (QED) is 0.559. The molecule has 4 heterocycles. The van der Waals surface area contributed by atoms with Gasteiger partial charge in [-0.3, -0.25) is 19.4 Å². The van der Waals surface area contributed by atoms with Crippen molar-refractivity contribution in [1.82, 2.24) is 25.1 Å². The zero-order valence-corrected chi connectivity index (χ0v) is 17.1. The first kappa shape index (κ1) is 18.5. The first-order valence-corrected chi connectivity index (χ1v) is 10.3. The number of hydrogen-bond donors (Lipinski definition) is 1. The van der Waals surface area contributed by atoms with Gasteiger partial charge in [-0.1, -0.05) is 12.1 Å². The second-order valence-electron chi connectivity index (χ2n) is 7.93. The van der Waals surface area contributed by atoms with Crippen molar-refractivity contribution in [1.29, 1.82) is 0 Å². The van der Waals surface area contributed by atoms with Crippen LogP contribution >= 0.6 is 0 Å². The SMILES string of the molecule is CC(C)NC(=O)c1ccc2c(-c3c(-c4ccccn4)nn4c3CCC4)ccnc2c1. The van der Waals surface area contributed by atoms with Crippen LogP contribution in [-0.2, 0) is 13.0 Å². The smallest absolute Gasteiger partial charge is 0.251 e. The summed E-state index contributed by atoms with van der Waals surface area (Å²) in [6.45, 7) is 4.84. The highest BCUT2D eigenvalue weighted by atomic mass is 16.1. The Morgan fingerprint density at radius 2 is 2.00 bits per heavy atom. The van der Waals surface area contributed by atoms with Gasteiger partial charge in [-0.2, -0.15) is 5.10 Å². The number of carbonyl (C=O) groups is 1. The predicted molar refractivity (Wildman–Crippen MR) is 117 cm³/mol. The Bertz CT molecular complexity index is 1240. The topological polar surface area (TPSA) is 72.7 Å². The summed E-state index contributed by atoms with van der Waals surface area (Å²) in [5, 5.41) is 8.85. The minimum absolute atomic E-state index is 0.0836. The lowest BCUT2D eigenvalue weighted by atomic mass is 9.96. The van der Waals surface area contributed by atoms with E-state index in [1.54, 1.807) is 6.20 Å². The van der Waals surface area contributed by atoms with Crippen molar-refractivity contribution in [2.45, 2.75) is 39.3 Å². The van der Waals surface area contributed by atoms with Gasteiger partial charge in [-0.25, -0.2) is 0 Å². The normalized spacial score (nSPS) is 13.0. The van der Waals surface area contributed by atoms with E-state index < -0.39 is 0 Å². The lowest BCUT2D eigenvalue weighted by molar-refractivity contribution is 0.0943. The molecule has 5 rings (SSSR count). The van der Waals surface area contributed by atoms with Crippen LogP contribution in [0.3, 0.4) is 0 Å². The Morgan fingerprint density at radius 1 is 1.10 bits per heavy atom. The molecule has 0 aliphatic carbocycles. The number of benzene rings is 1. The number of hydrogen-bond acceptors (Lipinski definition) is 4. The van der Waals surface area contributed by atoms with Crippen LogP contribution in [0.25, 0.3) is 33.4 Å². The Hall–Kier alpha value is -3.54. The van der Waals surface area contributed by atoms with E-state index in [1.807, 2.05) is 62.5 Å². The number of amides is 1. The molecule has 0 atom stereocenters. The highest BCUT2D eigenvalue weighted by molar-refractivity contribution is 6.03. The molecule has 1 N–H and O–H groups in total. The zero-order valence-electron chi connectivity index (χ0n) is 17.1.